The second-order valence-electron chi connectivity index (χ2n) is 19.7. The summed E-state index contributed by atoms with van der Waals surface area (Å²) >= 11 is 0. The van der Waals surface area contributed by atoms with Crippen molar-refractivity contribution in [3.8, 4) is 0 Å². The van der Waals surface area contributed by atoms with E-state index < -0.39 is 12.1 Å². The van der Waals surface area contributed by atoms with Crippen molar-refractivity contribution in [1.82, 2.24) is 5.32 Å². The number of aliphatic hydroxyl groups excluding tert-OH is 2. The molecule has 0 rings (SSSR count). The van der Waals surface area contributed by atoms with E-state index in [0.717, 1.165) is 25.7 Å². The number of unbranched alkanes of at least 4 members (excludes halogenated alkanes) is 46. The van der Waals surface area contributed by atoms with Gasteiger partial charge in [0.1, 0.15) is 0 Å². The third-order valence-corrected chi connectivity index (χ3v) is 13.5. The van der Waals surface area contributed by atoms with Crippen LogP contribution in [0.3, 0.4) is 0 Å². The van der Waals surface area contributed by atoms with Crippen molar-refractivity contribution in [3.63, 3.8) is 0 Å². The molecule has 0 aliphatic rings. The summed E-state index contributed by atoms with van der Waals surface area (Å²) in [5, 5.41) is 23.1. The third-order valence-electron chi connectivity index (χ3n) is 13.5. The number of nitrogens with one attached hydrogen (secondary N) is 1. The maximum atomic E-state index is 12.5. The van der Waals surface area contributed by atoms with Crippen LogP contribution in [0, 0.1) is 0 Å². The van der Waals surface area contributed by atoms with E-state index in [9.17, 15) is 15.0 Å². The van der Waals surface area contributed by atoms with E-state index in [-0.39, 0.29) is 12.5 Å². The smallest absolute Gasteiger partial charge is 0.220 e. The lowest BCUT2D eigenvalue weighted by Gasteiger charge is -2.20. The number of hydrogen-bond donors (Lipinski definition) is 3. The molecule has 0 saturated carbocycles. The number of carbonyl (C=O) groups is 1. The van der Waals surface area contributed by atoms with Crippen molar-refractivity contribution in [3.05, 3.63) is 12.2 Å². The van der Waals surface area contributed by atoms with E-state index in [1.807, 2.05) is 6.08 Å². The van der Waals surface area contributed by atoms with Crippen LogP contribution in [0.4, 0.5) is 0 Å². The molecule has 0 radical (unpaired) electrons. The summed E-state index contributed by atoms with van der Waals surface area (Å²) < 4.78 is 0. The van der Waals surface area contributed by atoms with Gasteiger partial charge < -0.3 is 15.5 Å². The minimum Gasteiger partial charge on any atom is -0.394 e. The number of hydrogen-bond acceptors (Lipinski definition) is 3. The summed E-state index contributed by atoms with van der Waals surface area (Å²) in [6.07, 6.45) is 69.6. The second-order valence-corrected chi connectivity index (χ2v) is 19.7. The first-order chi connectivity index (χ1) is 30.2. The van der Waals surface area contributed by atoms with Crippen LogP contribution in [0.5, 0.6) is 0 Å². The largest absolute Gasteiger partial charge is 0.394 e. The Morgan fingerprint density at radius 1 is 0.377 bits per heavy atom. The lowest BCUT2D eigenvalue weighted by atomic mass is 10.0. The highest BCUT2D eigenvalue weighted by molar-refractivity contribution is 5.76. The molecule has 4 heteroatoms. The minimum absolute atomic E-state index is 0.0563. The summed E-state index contributed by atoms with van der Waals surface area (Å²) in [5.41, 5.74) is 0. The summed E-state index contributed by atoms with van der Waals surface area (Å²) in [5.74, 6) is -0.0563. The number of rotatable bonds is 53. The quantitative estimate of drug-likeness (QED) is 0.0421. The highest BCUT2D eigenvalue weighted by Crippen LogP contribution is 2.18. The number of carbonyl (C=O) groups excluding carboxylic acids is 1. The topological polar surface area (TPSA) is 69.6 Å². The Labute approximate surface area is 384 Å². The molecule has 0 heterocycles. The van der Waals surface area contributed by atoms with Crippen molar-refractivity contribution in [2.75, 3.05) is 6.61 Å². The number of allylic oxidation sites excluding steroid dienone is 1. The highest BCUT2D eigenvalue weighted by Gasteiger charge is 2.18. The lowest BCUT2D eigenvalue weighted by molar-refractivity contribution is -0.123. The molecular weight excluding hydrogens is 747 g/mol. The molecule has 4 nitrogen and oxygen atoms in total. The molecule has 0 aliphatic carbocycles. The molecule has 2 unspecified atom stereocenters. The van der Waals surface area contributed by atoms with Crippen LogP contribution in [0.1, 0.15) is 328 Å². The van der Waals surface area contributed by atoms with Gasteiger partial charge in [0.05, 0.1) is 18.8 Å². The fourth-order valence-electron chi connectivity index (χ4n) is 9.18. The zero-order valence-corrected chi connectivity index (χ0v) is 42.0. The van der Waals surface area contributed by atoms with Crippen molar-refractivity contribution in [2.24, 2.45) is 0 Å². The van der Waals surface area contributed by atoms with Crippen LogP contribution < -0.4 is 5.32 Å². The van der Waals surface area contributed by atoms with Gasteiger partial charge >= 0.3 is 0 Å². The summed E-state index contributed by atoms with van der Waals surface area (Å²) in [7, 11) is 0. The first kappa shape index (κ1) is 60.1. The Morgan fingerprint density at radius 2 is 0.607 bits per heavy atom. The number of amides is 1. The Morgan fingerprint density at radius 3 is 0.852 bits per heavy atom. The summed E-state index contributed by atoms with van der Waals surface area (Å²) in [4.78, 5) is 12.5. The monoisotopic (exact) mass is 860 g/mol. The van der Waals surface area contributed by atoms with Gasteiger partial charge in [0.2, 0.25) is 5.91 Å². The van der Waals surface area contributed by atoms with Gasteiger partial charge in [-0.1, -0.05) is 315 Å². The van der Waals surface area contributed by atoms with E-state index in [1.54, 1.807) is 6.08 Å². The van der Waals surface area contributed by atoms with Gasteiger partial charge in [0, 0.05) is 6.42 Å². The average molecular weight is 861 g/mol. The average Bonchev–Trinajstić information content (AvgIpc) is 3.26. The molecule has 0 aliphatic heterocycles. The molecule has 0 bridgehead atoms. The zero-order chi connectivity index (χ0) is 44.2. The fraction of sp³-hybridized carbons (Fsp3) is 0.947. The Balaban J connectivity index is 3.39. The van der Waals surface area contributed by atoms with Gasteiger partial charge in [-0.05, 0) is 19.3 Å². The molecule has 0 saturated heterocycles. The molecule has 0 aromatic carbocycles. The molecule has 61 heavy (non-hydrogen) atoms. The van der Waals surface area contributed by atoms with Gasteiger partial charge in [0.15, 0.2) is 0 Å². The van der Waals surface area contributed by atoms with E-state index in [0.29, 0.717) is 6.42 Å². The van der Waals surface area contributed by atoms with Crippen LogP contribution in [-0.2, 0) is 4.79 Å². The summed E-state index contributed by atoms with van der Waals surface area (Å²) in [6, 6.07) is -0.617. The molecule has 0 fully saturated rings. The molecule has 1 amide bonds. The Kier molecular flexibility index (Phi) is 52.7. The SMILES string of the molecule is CCCCCCCCCCCCCCCC/C=C/C(O)C(CO)NC(=O)CCCCCCCCCCCCCCCCCCCCCCCCCCCCCCCCCCC. The van der Waals surface area contributed by atoms with Gasteiger partial charge in [-0.15, -0.1) is 0 Å². The highest BCUT2D eigenvalue weighted by atomic mass is 16.3. The predicted octanol–water partition coefficient (Wildman–Crippen LogP) is 18.5. The molecule has 364 valence electrons. The van der Waals surface area contributed by atoms with Crippen LogP contribution in [-0.4, -0.2) is 34.9 Å². The van der Waals surface area contributed by atoms with Crippen molar-refractivity contribution >= 4 is 5.91 Å². The first-order valence-corrected chi connectivity index (χ1v) is 28.4. The third kappa shape index (κ3) is 50.0. The maximum absolute atomic E-state index is 12.5. The molecular formula is C57H113NO3. The van der Waals surface area contributed by atoms with E-state index in [2.05, 4.69) is 19.2 Å². The number of aliphatic hydroxyl groups is 2. The predicted molar refractivity (Wildman–Crippen MR) is 272 cm³/mol. The van der Waals surface area contributed by atoms with E-state index >= 15 is 0 Å². The van der Waals surface area contributed by atoms with Crippen LogP contribution in [0.15, 0.2) is 12.2 Å². The lowest BCUT2D eigenvalue weighted by Crippen LogP contribution is -2.45. The van der Waals surface area contributed by atoms with Crippen molar-refractivity contribution in [2.45, 2.75) is 341 Å². The van der Waals surface area contributed by atoms with Gasteiger partial charge in [0.25, 0.3) is 0 Å². The minimum atomic E-state index is -0.835. The van der Waals surface area contributed by atoms with Gasteiger partial charge in [-0.2, -0.15) is 0 Å². The molecule has 2 atom stereocenters. The normalized spacial score (nSPS) is 12.8. The van der Waals surface area contributed by atoms with Gasteiger partial charge in [-0.3, -0.25) is 4.79 Å². The molecule has 0 aromatic rings. The standard InChI is InChI=1S/C57H113NO3/c1-3-5-7-9-11-13-15-17-19-21-22-23-24-25-26-27-28-29-30-31-32-33-34-35-36-37-39-41-43-45-47-49-51-53-57(61)58-55(54-59)56(60)52-50-48-46-44-42-40-38-20-18-16-14-12-10-8-6-4-2/h50,52,55-56,59-60H,3-49,51,53-54H2,1-2H3,(H,58,61)/b52-50+. The van der Waals surface area contributed by atoms with E-state index in [1.165, 1.54) is 283 Å². The molecule has 0 aromatic heterocycles. The first-order valence-electron chi connectivity index (χ1n) is 28.4. The fourth-order valence-corrected chi connectivity index (χ4v) is 9.18. The zero-order valence-electron chi connectivity index (χ0n) is 42.0. The van der Waals surface area contributed by atoms with Crippen molar-refractivity contribution < 1.29 is 15.0 Å². The van der Waals surface area contributed by atoms with Gasteiger partial charge in [-0.25, -0.2) is 0 Å². The molecule has 0 spiro atoms. The summed E-state index contributed by atoms with van der Waals surface area (Å²) in [6.45, 7) is 4.35. The maximum Gasteiger partial charge on any atom is 0.220 e. The second kappa shape index (κ2) is 53.5. The van der Waals surface area contributed by atoms with Crippen molar-refractivity contribution in [1.29, 1.82) is 0 Å². The van der Waals surface area contributed by atoms with E-state index in [4.69, 9.17) is 0 Å². The van der Waals surface area contributed by atoms with Crippen LogP contribution >= 0.6 is 0 Å². The Hall–Kier alpha value is -0.870. The Bertz CT molecular complexity index is 844. The molecule has 3 N–H and O–H groups in total. The van der Waals surface area contributed by atoms with Crippen LogP contribution in [0.25, 0.3) is 0 Å². The van der Waals surface area contributed by atoms with Crippen LogP contribution in [0.2, 0.25) is 0 Å².